The summed E-state index contributed by atoms with van der Waals surface area (Å²) in [5.41, 5.74) is 2.47. The Balaban J connectivity index is 1.82. The topological polar surface area (TPSA) is 12.0 Å². The molecule has 0 radical (unpaired) electrons. The summed E-state index contributed by atoms with van der Waals surface area (Å²) in [6.07, 6.45) is 4.27. The Hall–Kier alpha value is -1.57. The van der Waals surface area contributed by atoms with Crippen LogP contribution in [-0.4, -0.2) is 6.54 Å². The van der Waals surface area contributed by atoms with E-state index in [0.29, 0.717) is 6.04 Å². The standard InChI is InChI=1S/C17H18ClN/c1-14(16-9-11-17(18)12-10-16)19-13-5-8-15-6-3-2-4-7-15/h2-12,14,19H,13H2,1H3/b8-5+/t14-/m1/s1. The van der Waals surface area contributed by atoms with Crippen molar-refractivity contribution in [1.82, 2.24) is 5.32 Å². The predicted octanol–water partition coefficient (Wildman–Crippen LogP) is 4.70. The van der Waals surface area contributed by atoms with Crippen molar-refractivity contribution in [1.29, 1.82) is 0 Å². The average Bonchev–Trinajstić information content (AvgIpc) is 2.45. The van der Waals surface area contributed by atoms with Crippen molar-refractivity contribution in [2.75, 3.05) is 6.54 Å². The molecule has 0 heterocycles. The Morgan fingerprint density at radius 1 is 1.05 bits per heavy atom. The Kier molecular flexibility index (Phi) is 5.20. The lowest BCUT2D eigenvalue weighted by Gasteiger charge is -2.12. The summed E-state index contributed by atoms with van der Waals surface area (Å²) in [7, 11) is 0. The van der Waals surface area contributed by atoms with E-state index < -0.39 is 0 Å². The van der Waals surface area contributed by atoms with Crippen molar-refractivity contribution in [3.05, 3.63) is 76.8 Å². The van der Waals surface area contributed by atoms with Gasteiger partial charge in [-0.3, -0.25) is 0 Å². The Labute approximate surface area is 119 Å². The van der Waals surface area contributed by atoms with Crippen LogP contribution in [0.2, 0.25) is 5.02 Å². The number of hydrogen-bond acceptors (Lipinski definition) is 1. The maximum atomic E-state index is 5.88. The summed E-state index contributed by atoms with van der Waals surface area (Å²) < 4.78 is 0. The summed E-state index contributed by atoms with van der Waals surface area (Å²) in [4.78, 5) is 0. The molecule has 2 rings (SSSR count). The quantitative estimate of drug-likeness (QED) is 0.831. The van der Waals surface area contributed by atoms with Gasteiger partial charge in [0.2, 0.25) is 0 Å². The molecule has 0 saturated carbocycles. The summed E-state index contributed by atoms with van der Waals surface area (Å²) in [6.45, 7) is 3.00. The zero-order chi connectivity index (χ0) is 13.5. The zero-order valence-electron chi connectivity index (χ0n) is 11.0. The fraction of sp³-hybridized carbons (Fsp3) is 0.176. The maximum Gasteiger partial charge on any atom is 0.0406 e. The van der Waals surface area contributed by atoms with Crippen LogP contribution < -0.4 is 5.32 Å². The molecule has 2 aromatic rings. The second-order valence-electron chi connectivity index (χ2n) is 4.49. The van der Waals surface area contributed by atoms with Crippen molar-refractivity contribution >= 4 is 17.7 Å². The molecule has 1 nitrogen and oxygen atoms in total. The molecule has 0 amide bonds. The Morgan fingerprint density at radius 2 is 1.74 bits per heavy atom. The van der Waals surface area contributed by atoms with E-state index in [1.807, 2.05) is 30.3 Å². The summed E-state index contributed by atoms with van der Waals surface area (Å²) in [6, 6.07) is 18.6. The molecule has 0 spiro atoms. The number of nitrogens with one attached hydrogen (secondary N) is 1. The minimum Gasteiger partial charge on any atom is -0.307 e. The van der Waals surface area contributed by atoms with Gasteiger partial charge in [-0.1, -0.05) is 66.2 Å². The molecule has 0 aliphatic carbocycles. The van der Waals surface area contributed by atoms with Crippen molar-refractivity contribution < 1.29 is 0 Å². The minimum absolute atomic E-state index is 0.317. The van der Waals surface area contributed by atoms with Gasteiger partial charge in [0.15, 0.2) is 0 Å². The van der Waals surface area contributed by atoms with E-state index in [2.05, 4.69) is 48.7 Å². The fourth-order valence-electron chi connectivity index (χ4n) is 1.87. The molecule has 0 fully saturated rings. The van der Waals surface area contributed by atoms with Crippen LogP contribution in [0.3, 0.4) is 0 Å². The molecular formula is C17H18ClN. The molecule has 1 atom stereocenters. The number of halogens is 1. The first-order valence-corrected chi connectivity index (χ1v) is 6.84. The van der Waals surface area contributed by atoms with E-state index in [-0.39, 0.29) is 0 Å². The second kappa shape index (κ2) is 7.13. The van der Waals surface area contributed by atoms with E-state index in [9.17, 15) is 0 Å². The van der Waals surface area contributed by atoms with Gasteiger partial charge < -0.3 is 5.32 Å². The molecule has 2 aromatic carbocycles. The lowest BCUT2D eigenvalue weighted by Crippen LogP contribution is -2.18. The largest absolute Gasteiger partial charge is 0.307 e. The van der Waals surface area contributed by atoms with E-state index in [4.69, 9.17) is 11.6 Å². The maximum absolute atomic E-state index is 5.88. The van der Waals surface area contributed by atoms with Crippen LogP contribution in [0.5, 0.6) is 0 Å². The van der Waals surface area contributed by atoms with E-state index >= 15 is 0 Å². The monoisotopic (exact) mass is 271 g/mol. The highest BCUT2D eigenvalue weighted by molar-refractivity contribution is 6.30. The smallest absolute Gasteiger partial charge is 0.0406 e. The van der Waals surface area contributed by atoms with Crippen molar-refractivity contribution in [2.45, 2.75) is 13.0 Å². The summed E-state index contributed by atoms with van der Waals surface area (Å²) >= 11 is 5.88. The Morgan fingerprint density at radius 3 is 2.42 bits per heavy atom. The highest BCUT2D eigenvalue weighted by Gasteiger charge is 2.02. The van der Waals surface area contributed by atoms with Crippen LogP contribution in [0, 0.1) is 0 Å². The van der Waals surface area contributed by atoms with Crippen molar-refractivity contribution in [2.24, 2.45) is 0 Å². The SMILES string of the molecule is C[C@@H](NC/C=C/c1ccccc1)c1ccc(Cl)cc1. The summed E-state index contributed by atoms with van der Waals surface area (Å²) in [5, 5.41) is 4.24. The number of hydrogen-bond donors (Lipinski definition) is 1. The lowest BCUT2D eigenvalue weighted by molar-refractivity contribution is 0.618. The first-order chi connectivity index (χ1) is 9.25. The predicted molar refractivity (Wildman–Crippen MR) is 83.3 cm³/mol. The molecule has 0 bridgehead atoms. The normalized spacial score (nSPS) is 12.7. The van der Waals surface area contributed by atoms with Gasteiger partial charge in [-0.2, -0.15) is 0 Å². The van der Waals surface area contributed by atoms with Crippen molar-refractivity contribution in [3.63, 3.8) is 0 Å². The van der Waals surface area contributed by atoms with Crippen LogP contribution in [0.4, 0.5) is 0 Å². The highest BCUT2D eigenvalue weighted by Crippen LogP contribution is 2.15. The Bertz CT molecular complexity index is 517. The van der Waals surface area contributed by atoms with Crippen molar-refractivity contribution in [3.8, 4) is 0 Å². The van der Waals surface area contributed by atoms with Gasteiger partial charge in [-0.15, -0.1) is 0 Å². The zero-order valence-corrected chi connectivity index (χ0v) is 11.8. The van der Waals surface area contributed by atoms with Gasteiger partial charge in [0, 0.05) is 17.6 Å². The first kappa shape index (κ1) is 13.9. The van der Waals surface area contributed by atoms with Crippen LogP contribution in [0.15, 0.2) is 60.7 Å². The van der Waals surface area contributed by atoms with Crippen LogP contribution in [0.25, 0.3) is 6.08 Å². The molecule has 0 aliphatic heterocycles. The average molecular weight is 272 g/mol. The fourth-order valence-corrected chi connectivity index (χ4v) is 2.00. The van der Waals surface area contributed by atoms with Crippen LogP contribution in [0.1, 0.15) is 24.1 Å². The van der Waals surface area contributed by atoms with Crippen LogP contribution in [-0.2, 0) is 0 Å². The first-order valence-electron chi connectivity index (χ1n) is 6.46. The molecule has 98 valence electrons. The molecule has 0 unspecified atom stereocenters. The summed E-state index contributed by atoms with van der Waals surface area (Å²) in [5.74, 6) is 0. The van der Waals surface area contributed by atoms with Gasteiger partial charge >= 0.3 is 0 Å². The third kappa shape index (κ3) is 4.55. The molecule has 19 heavy (non-hydrogen) atoms. The molecular weight excluding hydrogens is 254 g/mol. The molecule has 0 aliphatic rings. The van der Waals surface area contributed by atoms with E-state index in [0.717, 1.165) is 11.6 Å². The second-order valence-corrected chi connectivity index (χ2v) is 4.93. The van der Waals surface area contributed by atoms with Gasteiger partial charge in [0.05, 0.1) is 0 Å². The highest BCUT2D eigenvalue weighted by atomic mass is 35.5. The minimum atomic E-state index is 0.317. The van der Waals surface area contributed by atoms with Gasteiger partial charge in [0.1, 0.15) is 0 Å². The van der Waals surface area contributed by atoms with Gasteiger partial charge in [-0.05, 0) is 30.2 Å². The van der Waals surface area contributed by atoms with Crippen LogP contribution >= 0.6 is 11.6 Å². The third-order valence-electron chi connectivity index (χ3n) is 3.02. The van der Waals surface area contributed by atoms with E-state index in [1.165, 1.54) is 11.1 Å². The third-order valence-corrected chi connectivity index (χ3v) is 3.27. The lowest BCUT2D eigenvalue weighted by atomic mass is 10.1. The number of rotatable bonds is 5. The number of benzene rings is 2. The van der Waals surface area contributed by atoms with Gasteiger partial charge in [0.25, 0.3) is 0 Å². The van der Waals surface area contributed by atoms with E-state index in [1.54, 1.807) is 0 Å². The van der Waals surface area contributed by atoms with Gasteiger partial charge in [-0.25, -0.2) is 0 Å². The molecule has 0 saturated heterocycles. The molecule has 2 heteroatoms. The molecule has 1 N–H and O–H groups in total. The molecule has 0 aromatic heterocycles.